The van der Waals surface area contributed by atoms with Crippen molar-refractivity contribution in [3.8, 4) is 5.75 Å². The van der Waals surface area contributed by atoms with Crippen LogP contribution in [-0.4, -0.2) is 43.5 Å². The first-order valence-corrected chi connectivity index (χ1v) is 7.46. The van der Waals surface area contributed by atoms with Gasteiger partial charge in [-0.05, 0) is 38.5 Å². The van der Waals surface area contributed by atoms with Gasteiger partial charge < -0.3 is 19.3 Å². The lowest BCUT2D eigenvalue weighted by Gasteiger charge is -2.21. The lowest BCUT2D eigenvalue weighted by atomic mass is 9.91. The van der Waals surface area contributed by atoms with E-state index in [2.05, 4.69) is 0 Å². The Balaban J connectivity index is 2.42. The van der Waals surface area contributed by atoms with E-state index in [1.165, 1.54) is 7.11 Å². The van der Waals surface area contributed by atoms with E-state index in [1.54, 1.807) is 38.1 Å². The number of esters is 2. The molecule has 0 bridgehead atoms. The van der Waals surface area contributed by atoms with Crippen LogP contribution in [-0.2, 0) is 14.3 Å². The van der Waals surface area contributed by atoms with Crippen LogP contribution in [0, 0.1) is 5.41 Å². The van der Waals surface area contributed by atoms with E-state index in [-0.39, 0.29) is 13.2 Å². The number of benzene rings is 1. The topological polar surface area (TPSA) is 82.1 Å². The molecule has 1 atom stereocenters. The Hall–Kier alpha value is -2.08. The maximum atomic E-state index is 11.9. The number of carbonyl (C=O) groups excluding carboxylic acids is 2. The Morgan fingerprint density at radius 3 is 2.48 bits per heavy atom. The zero-order valence-corrected chi connectivity index (χ0v) is 14.0. The molecule has 0 radical (unpaired) electrons. The Bertz CT molecular complexity index is 538. The van der Waals surface area contributed by atoms with Gasteiger partial charge in [-0.25, -0.2) is 4.79 Å². The van der Waals surface area contributed by atoms with Crippen molar-refractivity contribution in [2.45, 2.75) is 33.3 Å². The number of carbonyl (C=O) groups is 2. The summed E-state index contributed by atoms with van der Waals surface area (Å²) in [5, 5.41) is 9.75. The summed E-state index contributed by atoms with van der Waals surface area (Å²) in [4.78, 5) is 23.6. The lowest BCUT2D eigenvalue weighted by Crippen LogP contribution is -2.31. The highest BCUT2D eigenvalue weighted by Crippen LogP contribution is 2.21. The van der Waals surface area contributed by atoms with Gasteiger partial charge in [0, 0.05) is 0 Å². The molecule has 1 rings (SSSR count). The van der Waals surface area contributed by atoms with E-state index >= 15 is 0 Å². The van der Waals surface area contributed by atoms with Crippen LogP contribution in [0.25, 0.3) is 0 Å². The van der Waals surface area contributed by atoms with Gasteiger partial charge in [0.15, 0.2) is 0 Å². The third kappa shape index (κ3) is 5.90. The molecule has 0 aliphatic heterocycles. The Morgan fingerprint density at radius 1 is 1.22 bits per heavy atom. The molecule has 1 unspecified atom stereocenters. The fourth-order valence-electron chi connectivity index (χ4n) is 1.56. The number of methoxy groups -OCH3 is 1. The van der Waals surface area contributed by atoms with Gasteiger partial charge >= 0.3 is 11.9 Å². The molecule has 0 aliphatic rings. The summed E-state index contributed by atoms with van der Waals surface area (Å²) < 4.78 is 15.1. The number of hydrogen-bond acceptors (Lipinski definition) is 6. The monoisotopic (exact) mass is 324 g/mol. The van der Waals surface area contributed by atoms with Crippen LogP contribution in [0.15, 0.2) is 24.3 Å². The highest BCUT2D eigenvalue weighted by atomic mass is 16.6. The highest BCUT2D eigenvalue weighted by Gasteiger charge is 2.27. The minimum atomic E-state index is -1.07. The quantitative estimate of drug-likeness (QED) is 0.738. The molecule has 6 heteroatoms. The number of aliphatic hydroxyl groups excluding tert-OH is 1. The van der Waals surface area contributed by atoms with Crippen LogP contribution in [0.2, 0.25) is 0 Å². The molecule has 1 N–H and O–H groups in total. The van der Waals surface area contributed by atoms with Crippen LogP contribution in [0.1, 0.15) is 37.6 Å². The molecule has 1 aromatic carbocycles. The normalized spacial score (nSPS) is 12.4. The number of hydrogen-bond donors (Lipinski definition) is 1. The van der Waals surface area contributed by atoms with E-state index in [0.717, 1.165) is 0 Å². The Labute approximate surface area is 136 Å². The molecule has 0 aromatic heterocycles. The summed E-state index contributed by atoms with van der Waals surface area (Å²) in [5.74, 6) is -0.433. The largest absolute Gasteiger partial charge is 0.497 e. The van der Waals surface area contributed by atoms with Crippen LogP contribution in [0.3, 0.4) is 0 Å². The van der Waals surface area contributed by atoms with E-state index in [1.807, 2.05) is 6.92 Å². The smallest absolute Gasteiger partial charge is 0.338 e. The molecular weight excluding hydrogens is 300 g/mol. The molecule has 0 fully saturated rings. The van der Waals surface area contributed by atoms with Crippen molar-refractivity contribution in [3.63, 3.8) is 0 Å². The first kappa shape index (κ1) is 19.0. The molecule has 1 aromatic rings. The van der Waals surface area contributed by atoms with Crippen molar-refractivity contribution in [1.29, 1.82) is 0 Å². The zero-order valence-electron chi connectivity index (χ0n) is 14.0. The maximum absolute atomic E-state index is 11.9. The van der Waals surface area contributed by atoms with Gasteiger partial charge in [0.1, 0.15) is 25.1 Å². The molecule has 6 nitrogen and oxygen atoms in total. The van der Waals surface area contributed by atoms with E-state index < -0.39 is 23.5 Å². The third-order valence-corrected chi connectivity index (χ3v) is 3.56. The second kappa shape index (κ2) is 8.53. The molecule has 128 valence electrons. The van der Waals surface area contributed by atoms with E-state index in [4.69, 9.17) is 14.2 Å². The Morgan fingerprint density at radius 2 is 1.87 bits per heavy atom. The molecule has 0 aliphatic carbocycles. The molecule has 23 heavy (non-hydrogen) atoms. The van der Waals surface area contributed by atoms with Crippen molar-refractivity contribution in [2.75, 3.05) is 20.3 Å². The number of aliphatic hydroxyl groups is 1. The molecule has 0 heterocycles. The SMILES string of the molecule is CCC(C)(C)C(=O)OCC(O)COC(=O)c1cccc(OC)c1. The van der Waals surface area contributed by atoms with Crippen LogP contribution >= 0.6 is 0 Å². The standard InChI is InChI=1S/C17H24O6/c1-5-17(2,3)16(20)23-11-13(18)10-22-15(19)12-7-6-8-14(9-12)21-4/h6-9,13,18H,5,10-11H2,1-4H3. The summed E-state index contributed by atoms with van der Waals surface area (Å²) in [6.07, 6.45) is -0.437. The van der Waals surface area contributed by atoms with Crippen molar-refractivity contribution in [2.24, 2.45) is 5.41 Å². The van der Waals surface area contributed by atoms with Crippen molar-refractivity contribution in [3.05, 3.63) is 29.8 Å². The summed E-state index contributed by atoms with van der Waals surface area (Å²) in [7, 11) is 1.50. The van der Waals surface area contributed by atoms with Gasteiger partial charge in [-0.1, -0.05) is 13.0 Å². The van der Waals surface area contributed by atoms with Gasteiger partial charge in [0.2, 0.25) is 0 Å². The number of ether oxygens (including phenoxy) is 3. The van der Waals surface area contributed by atoms with Gasteiger partial charge in [0.25, 0.3) is 0 Å². The summed E-state index contributed by atoms with van der Waals surface area (Å²) in [5.41, 5.74) is -0.280. The predicted molar refractivity (Wildman–Crippen MR) is 84.3 cm³/mol. The summed E-state index contributed by atoms with van der Waals surface area (Å²) in [6.45, 7) is 4.95. The minimum absolute atomic E-state index is 0.215. The van der Waals surface area contributed by atoms with Crippen molar-refractivity contribution in [1.82, 2.24) is 0 Å². The second-order valence-corrected chi connectivity index (χ2v) is 5.82. The molecule has 0 saturated heterocycles. The van der Waals surface area contributed by atoms with Crippen LogP contribution < -0.4 is 4.74 Å². The third-order valence-electron chi connectivity index (χ3n) is 3.56. The van der Waals surface area contributed by atoms with Crippen LogP contribution in [0.4, 0.5) is 0 Å². The zero-order chi connectivity index (χ0) is 17.5. The molecular formula is C17H24O6. The lowest BCUT2D eigenvalue weighted by molar-refractivity contribution is -0.157. The predicted octanol–water partition coefficient (Wildman–Crippen LogP) is 2.19. The van der Waals surface area contributed by atoms with Gasteiger partial charge in [-0.2, -0.15) is 0 Å². The van der Waals surface area contributed by atoms with Crippen LogP contribution in [0.5, 0.6) is 5.75 Å². The van der Waals surface area contributed by atoms with Crippen molar-refractivity contribution < 1.29 is 28.9 Å². The van der Waals surface area contributed by atoms with E-state index in [9.17, 15) is 14.7 Å². The molecule has 0 amide bonds. The average Bonchev–Trinajstić information content (AvgIpc) is 2.57. The van der Waals surface area contributed by atoms with Gasteiger partial charge in [-0.15, -0.1) is 0 Å². The van der Waals surface area contributed by atoms with Gasteiger partial charge in [0.05, 0.1) is 18.1 Å². The molecule has 0 saturated carbocycles. The highest BCUT2D eigenvalue weighted by molar-refractivity contribution is 5.89. The van der Waals surface area contributed by atoms with Crippen molar-refractivity contribution >= 4 is 11.9 Å². The van der Waals surface area contributed by atoms with Gasteiger partial charge in [-0.3, -0.25) is 4.79 Å². The summed E-state index contributed by atoms with van der Waals surface area (Å²) in [6, 6.07) is 6.50. The maximum Gasteiger partial charge on any atom is 0.338 e. The molecule has 0 spiro atoms. The number of rotatable bonds is 8. The van der Waals surface area contributed by atoms with E-state index in [0.29, 0.717) is 17.7 Å². The Kier molecular flexibility index (Phi) is 7.03. The average molecular weight is 324 g/mol. The summed E-state index contributed by atoms with van der Waals surface area (Å²) >= 11 is 0. The fourth-order valence-corrected chi connectivity index (χ4v) is 1.56. The second-order valence-electron chi connectivity index (χ2n) is 5.82. The first-order valence-electron chi connectivity index (χ1n) is 7.46. The minimum Gasteiger partial charge on any atom is -0.497 e. The fraction of sp³-hybridized carbons (Fsp3) is 0.529. The first-order chi connectivity index (χ1) is 10.8.